The van der Waals surface area contributed by atoms with Crippen LogP contribution in [0.25, 0.3) is 5.65 Å². The summed E-state index contributed by atoms with van der Waals surface area (Å²) >= 11 is 0. The summed E-state index contributed by atoms with van der Waals surface area (Å²) in [5.41, 5.74) is 1.52. The van der Waals surface area contributed by atoms with Crippen LogP contribution in [0.4, 0.5) is 0 Å². The standard InChI is InChI=1S/C12H14N2O2/c1-8(2)11(12(15)16)9-7-13-10-5-3-4-6-14(9)10/h3-8,11H,1-2H3,(H,15,16). The Hall–Kier alpha value is -1.84. The van der Waals surface area contributed by atoms with Crippen LogP contribution in [0.5, 0.6) is 0 Å². The Kier molecular flexibility index (Phi) is 2.64. The summed E-state index contributed by atoms with van der Waals surface area (Å²) in [5, 5.41) is 9.23. The zero-order valence-electron chi connectivity index (χ0n) is 9.29. The van der Waals surface area contributed by atoms with Gasteiger partial charge < -0.3 is 9.51 Å². The first-order valence-corrected chi connectivity index (χ1v) is 5.26. The lowest BCUT2D eigenvalue weighted by atomic mass is 9.93. The van der Waals surface area contributed by atoms with E-state index < -0.39 is 11.9 Å². The maximum absolute atomic E-state index is 11.2. The summed E-state index contributed by atoms with van der Waals surface area (Å²) in [6, 6.07) is 5.62. The molecule has 2 aromatic rings. The molecule has 16 heavy (non-hydrogen) atoms. The van der Waals surface area contributed by atoms with E-state index in [2.05, 4.69) is 4.98 Å². The molecule has 1 N–H and O–H groups in total. The largest absolute Gasteiger partial charge is 0.481 e. The third-order valence-electron chi connectivity index (χ3n) is 2.70. The molecule has 4 heteroatoms. The Morgan fingerprint density at radius 1 is 1.44 bits per heavy atom. The van der Waals surface area contributed by atoms with Gasteiger partial charge in [-0.15, -0.1) is 0 Å². The van der Waals surface area contributed by atoms with E-state index in [0.717, 1.165) is 11.3 Å². The number of carboxylic acid groups (broad SMARTS) is 1. The van der Waals surface area contributed by atoms with Gasteiger partial charge in [0.25, 0.3) is 0 Å². The number of aliphatic carboxylic acids is 1. The van der Waals surface area contributed by atoms with Crippen LogP contribution in [-0.2, 0) is 4.79 Å². The van der Waals surface area contributed by atoms with Gasteiger partial charge in [0, 0.05) is 6.20 Å². The van der Waals surface area contributed by atoms with E-state index in [9.17, 15) is 9.90 Å². The zero-order chi connectivity index (χ0) is 11.7. The summed E-state index contributed by atoms with van der Waals surface area (Å²) in [6.07, 6.45) is 3.49. The molecule has 0 aliphatic carbocycles. The number of carbonyl (C=O) groups is 1. The lowest BCUT2D eigenvalue weighted by Crippen LogP contribution is -2.19. The van der Waals surface area contributed by atoms with Gasteiger partial charge in [-0.2, -0.15) is 0 Å². The topological polar surface area (TPSA) is 54.6 Å². The minimum atomic E-state index is -0.805. The van der Waals surface area contributed by atoms with E-state index >= 15 is 0 Å². The molecule has 0 saturated heterocycles. The SMILES string of the molecule is CC(C)C(C(=O)O)c1cnc2ccccn12. The molecule has 0 aromatic carbocycles. The Morgan fingerprint density at radius 3 is 2.81 bits per heavy atom. The van der Waals surface area contributed by atoms with Gasteiger partial charge in [-0.1, -0.05) is 19.9 Å². The Labute approximate surface area is 93.5 Å². The highest BCUT2D eigenvalue weighted by atomic mass is 16.4. The number of hydrogen-bond donors (Lipinski definition) is 1. The van der Waals surface area contributed by atoms with E-state index in [0.29, 0.717) is 0 Å². The summed E-state index contributed by atoms with van der Waals surface area (Å²) < 4.78 is 1.83. The first-order chi connectivity index (χ1) is 7.61. The van der Waals surface area contributed by atoms with Crippen molar-refractivity contribution >= 4 is 11.6 Å². The van der Waals surface area contributed by atoms with Crippen molar-refractivity contribution < 1.29 is 9.90 Å². The van der Waals surface area contributed by atoms with Crippen LogP contribution < -0.4 is 0 Å². The normalized spacial score (nSPS) is 13.2. The highest BCUT2D eigenvalue weighted by Crippen LogP contribution is 2.25. The van der Waals surface area contributed by atoms with Crippen molar-refractivity contribution in [2.24, 2.45) is 5.92 Å². The predicted octanol–water partition coefficient (Wildman–Crippen LogP) is 2.16. The number of imidazole rings is 1. The van der Waals surface area contributed by atoms with Crippen LogP contribution in [0, 0.1) is 5.92 Å². The number of rotatable bonds is 3. The first kappa shape index (κ1) is 10.7. The van der Waals surface area contributed by atoms with E-state index in [1.54, 1.807) is 6.20 Å². The third-order valence-corrected chi connectivity index (χ3v) is 2.70. The quantitative estimate of drug-likeness (QED) is 0.858. The maximum Gasteiger partial charge on any atom is 0.312 e. The molecule has 0 aliphatic rings. The van der Waals surface area contributed by atoms with E-state index in [-0.39, 0.29) is 5.92 Å². The monoisotopic (exact) mass is 218 g/mol. The van der Waals surface area contributed by atoms with E-state index in [1.807, 2.05) is 42.6 Å². The van der Waals surface area contributed by atoms with Crippen LogP contribution in [0.3, 0.4) is 0 Å². The predicted molar refractivity (Wildman–Crippen MR) is 60.4 cm³/mol. The van der Waals surface area contributed by atoms with Gasteiger partial charge in [-0.05, 0) is 18.1 Å². The summed E-state index contributed by atoms with van der Waals surface area (Å²) in [4.78, 5) is 15.4. The lowest BCUT2D eigenvalue weighted by Gasteiger charge is -2.15. The zero-order valence-corrected chi connectivity index (χ0v) is 9.29. The molecule has 0 spiro atoms. The molecule has 2 heterocycles. The minimum Gasteiger partial charge on any atom is -0.481 e. The second-order valence-corrected chi connectivity index (χ2v) is 4.17. The van der Waals surface area contributed by atoms with Crippen molar-refractivity contribution in [3.63, 3.8) is 0 Å². The highest BCUT2D eigenvalue weighted by Gasteiger charge is 2.26. The van der Waals surface area contributed by atoms with Crippen LogP contribution in [0.2, 0.25) is 0 Å². The van der Waals surface area contributed by atoms with Crippen LogP contribution >= 0.6 is 0 Å². The Balaban J connectivity index is 2.57. The summed E-state index contributed by atoms with van der Waals surface area (Å²) in [7, 11) is 0. The molecule has 2 aromatic heterocycles. The number of nitrogens with zero attached hydrogens (tertiary/aromatic N) is 2. The smallest absolute Gasteiger partial charge is 0.312 e. The van der Waals surface area contributed by atoms with Crippen molar-refractivity contribution in [3.8, 4) is 0 Å². The van der Waals surface area contributed by atoms with Crippen LogP contribution in [-0.4, -0.2) is 20.5 Å². The molecule has 0 aliphatic heterocycles. The number of aromatic nitrogens is 2. The summed E-state index contributed by atoms with van der Waals surface area (Å²) in [5.74, 6) is -1.28. The Morgan fingerprint density at radius 2 is 2.19 bits per heavy atom. The van der Waals surface area contributed by atoms with Gasteiger partial charge in [0.05, 0.1) is 11.9 Å². The van der Waals surface area contributed by atoms with Gasteiger partial charge in [0.15, 0.2) is 0 Å². The van der Waals surface area contributed by atoms with Gasteiger partial charge in [-0.25, -0.2) is 4.98 Å². The van der Waals surface area contributed by atoms with E-state index in [1.165, 1.54) is 0 Å². The fourth-order valence-electron chi connectivity index (χ4n) is 1.94. The molecule has 84 valence electrons. The second-order valence-electron chi connectivity index (χ2n) is 4.17. The maximum atomic E-state index is 11.2. The number of hydrogen-bond acceptors (Lipinski definition) is 2. The highest BCUT2D eigenvalue weighted by molar-refractivity contribution is 5.76. The van der Waals surface area contributed by atoms with Gasteiger partial charge >= 0.3 is 5.97 Å². The van der Waals surface area contributed by atoms with Crippen molar-refractivity contribution in [2.45, 2.75) is 19.8 Å². The lowest BCUT2D eigenvalue weighted by molar-refractivity contribution is -0.140. The molecule has 1 atom stereocenters. The fraction of sp³-hybridized carbons (Fsp3) is 0.333. The molecular weight excluding hydrogens is 204 g/mol. The van der Waals surface area contributed by atoms with Crippen molar-refractivity contribution in [2.75, 3.05) is 0 Å². The molecule has 2 rings (SSSR count). The van der Waals surface area contributed by atoms with Crippen LogP contribution in [0.15, 0.2) is 30.6 Å². The third kappa shape index (κ3) is 1.66. The molecule has 0 bridgehead atoms. The molecule has 1 unspecified atom stereocenters. The number of carboxylic acids is 1. The van der Waals surface area contributed by atoms with Gasteiger partial charge in [0.1, 0.15) is 11.6 Å². The molecular formula is C12H14N2O2. The van der Waals surface area contributed by atoms with Crippen molar-refractivity contribution in [1.82, 2.24) is 9.38 Å². The minimum absolute atomic E-state index is 0.0395. The number of fused-ring (bicyclic) bond motifs is 1. The second kappa shape index (κ2) is 3.96. The van der Waals surface area contributed by atoms with Gasteiger partial charge in [0.2, 0.25) is 0 Å². The molecule has 0 amide bonds. The van der Waals surface area contributed by atoms with E-state index in [4.69, 9.17) is 0 Å². The average Bonchev–Trinajstić information content (AvgIpc) is 2.61. The van der Waals surface area contributed by atoms with Gasteiger partial charge in [-0.3, -0.25) is 4.79 Å². The molecule has 0 radical (unpaired) electrons. The molecule has 0 saturated carbocycles. The Bertz CT molecular complexity index is 516. The first-order valence-electron chi connectivity index (χ1n) is 5.26. The molecule has 0 fully saturated rings. The number of pyridine rings is 1. The summed E-state index contributed by atoms with van der Waals surface area (Å²) in [6.45, 7) is 3.81. The van der Waals surface area contributed by atoms with Crippen molar-refractivity contribution in [1.29, 1.82) is 0 Å². The van der Waals surface area contributed by atoms with Crippen LogP contribution in [0.1, 0.15) is 25.5 Å². The van der Waals surface area contributed by atoms with Crippen molar-refractivity contribution in [3.05, 3.63) is 36.3 Å². The average molecular weight is 218 g/mol. The molecule has 4 nitrogen and oxygen atoms in total. The fourth-order valence-corrected chi connectivity index (χ4v) is 1.94.